The molecule has 8 heteroatoms. The molecule has 0 bridgehead atoms. The number of carbonyl (C=O) groups excluding carboxylic acids is 2. The molecule has 0 aliphatic heterocycles. The molecule has 0 aliphatic rings. The topological polar surface area (TPSA) is 94.3 Å². The molecule has 0 spiro atoms. The van der Waals surface area contributed by atoms with Crippen LogP contribution in [0, 0.1) is 0 Å². The van der Waals surface area contributed by atoms with Gasteiger partial charge in [-0.15, -0.1) is 22.7 Å². The Morgan fingerprint density at radius 1 is 1.45 bits per heavy atom. The summed E-state index contributed by atoms with van der Waals surface area (Å²) in [5.74, 6) is -0.842. The molecule has 0 fully saturated rings. The van der Waals surface area contributed by atoms with E-state index in [1.54, 1.807) is 11.3 Å². The second kappa shape index (κ2) is 8.02. The van der Waals surface area contributed by atoms with E-state index in [-0.39, 0.29) is 12.3 Å². The third kappa shape index (κ3) is 4.62. The number of aromatic nitrogens is 1. The first-order chi connectivity index (χ1) is 10.6. The van der Waals surface area contributed by atoms with Gasteiger partial charge in [0.05, 0.1) is 17.0 Å². The molecular weight excluding hydrogens is 322 g/mol. The number of methoxy groups -OCH3 is 1. The Bertz CT molecular complexity index is 625. The smallest absolute Gasteiger partial charge is 0.240 e. The van der Waals surface area contributed by atoms with E-state index in [2.05, 4.69) is 10.3 Å². The highest BCUT2D eigenvalue weighted by atomic mass is 32.1. The third-order valence-electron chi connectivity index (χ3n) is 2.91. The SMILES string of the molecule is COCCC(NC(=O)Cc1csc(-c2cccs2)n1)C(N)=O. The lowest BCUT2D eigenvalue weighted by Crippen LogP contribution is -2.45. The fourth-order valence-corrected chi connectivity index (χ4v) is 3.47. The Morgan fingerprint density at radius 2 is 2.27 bits per heavy atom. The summed E-state index contributed by atoms with van der Waals surface area (Å²) in [6.45, 7) is 0.354. The summed E-state index contributed by atoms with van der Waals surface area (Å²) in [6.07, 6.45) is 0.480. The number of hydrogen-bond acceptors (Lipinski definition) is 6. The Labute approximate surface area is 136 Å². The van der Waals surface area contributed by atoms with Crippen LogP contribution in [-0.2, 0) is 20.7 Å². The molecule has 118 valence electrons. The minimum atomic E-state index is -0.720. The molecule has 1 unspecified atom stereocenters. The molecule has 2 aromatic heterocycles. The van der Waals surface area contributed by atoms with Crippen LogP contribution >= 0.6 is 22.7 Å². The molecule has 6 nitrogen and oxygen atoms in total. The van der Waals surface area contributed by atoms with Gasteiger partial charge in [0.2, 0.25) is 11.8 Å². The van der Waals surface area contributed by atoms with E-state index in [1.165, 1.54) is 18.4 Å². The minimum absolute atomic E-state index is 0.124. The highest BCUT2D eigenvalue weighted by Gasteiger charge is 2.18. The van der Waals surface area contributed by atoms with Gasteiger partial charge in [0.1, 0.15) is 11.0 Å². The van der Waals surface area contributed by atoms with Gasteiger partial charge in [-0.3, -0.25) is 9.59 Å². The Hall–Kier alpha value is -1.77. The molecule has 2 amide bonds. The Morgan fingerprint density at radius 3 is 2.91 bits per heavy atom. The van der Waals surface area contributed by atoms with E-state index < -0.39 is 11.9 Å². The minimum Gasteiger partial charge on any atom is -0.385 e. The van der Waals surface area contributed by atoms with Gasteiger partial charge in [0.15, 0.2) is 0 Å². The molecule has 2 aromatic rings. The van der Waals surface area contributed by atoms with Gasteiger partial charge in [-0.25, -0.2) is 4.98 Å². The van der Waals surface area contributed by atoms with Crippen LogP contribution in [0.25, 0.3) is 9.88 Å². The van der Waals surface area contributed by atoms with Crippen LogP contribution in [0.2, 0.25) is 0 Å². The van der Waals surface area contributed by atoms with Crippen molar-refractivity contribution in [3.63, 3.8) is 0 Å². The quantitative estimate of drug-likeness (QED) is 0.760. The van der Waals surface area contributed by atoms with Gasteiger partial charge in [-0.2, -0.15) is 0 Å². The van der Waals surface area contributed by atoms with Crippen molar-refractivity contribution in [1.82, 2.24) is 10.3 Å². The normalized spacial score (nSPS) is 12.0. The monoisotopic (exact) mass is 339 g/mol. The lowest BCUT2D eigenvalue weighted by molar-refractivity contribution is -0.127. The van der Waals surface area contributed by atoms with E-state index >= 15 is 0 Å². The average molecular weight is 339 g/mol. The zero-order valence-corrected chi connectivity index (χ0v) is 13.7. The number of carbonyl (C=O) groups is 2. The lowest BCUT2D eigenvalue weighted by atomic mass is 10.2. The van der Waals surface area contributed by atoms with Crippen LogP contribution < -0.4 is 11.1 Å². The second-order valence-corrected chi connectivity index (χ2v) is 6.41. The van der Waals surface area contributed by atoms with E-state index in [4.69, 9.17) is 10.5 Å². The summed E-state index contributed by atoms with van der Waals surface area (Å²) in [5.41, 5.74) is 5.95. The number of hydrogen-bond donors (Lipinski definition) is 2. The van der Waals surface area contributed by atoms with E-state index in [0.29, 0.717) is 18.7 Å². The number of nitrogens with two attached hydrogens (primary N) is 1. The zero-order valence-electron chi connectivity index (χ0n) is 12.1. The summed E-state index contributed by atoms with van der Waals surface area (Å²) in [6, 6.07) is 3.23. The molecule has 1 atom stereocenters. The number of thiophene rings is 1. The number of amides is 2. The van der Waals surface area contributed by atoms with Crippen molar-refractivity contribution in [2.45, 2.75) is 18.9 Å². The van der Waals surface area contributed by atoms with Gasteiger partial charge in [0, 0.05) is 19.1 Å². The first-order valence-electron chi connectivity index (χ1n) is 6.66. The molecule has 0 aliphatic carbocycles. The zero-order chi connectivity index (χ0) is 15.9. The number of primary amides is 1. The molecule has 2 heterocycles. The summed E-state index contributed by atoms with van der Waals surface area (Å²) in [5, 5.41) is 7.34. The number of rotatable bonds is 8. The molecule has 2 rings (SSSR count). The summed E-state index contributed by atoms with van der Waals surface area (Å²) >= 11 is 3.10. The maximum absolute atomic E-state index is 12.0. The van der Waals surface area contributed by atoms with E-state index in [0.717, 1.165) is 9.88 Å². The van der Waals surface area contributed by atoms with Gasteiger partial charge in [-0.1, -0.05) is 6.07 Å². The average Bonchev–Trinajstić information content (AvgIpc) is 3.13. The summed E-state index contributed by atoms with van der Waals surface area (Å²) in [4.78, 5) is 28.8. The highest BCUT2D eigenvalue weighted by molar-refractivity contribution is 7.20. The molecule has 0 aromatic carbocycles. The Kier molecular flexibility index (Phi) is 6.05. The third-order valence-corrected chi connectivity index (χ3v) is 4.84. The summed E-state index contributed by atoms with van der Waals surface area (Å²) in [7, 11) is 1.53. The number of ether oxygens (including phenoxy) is 1. The van der Waals surface area contributed by atoms with Crippen LogP contribution in [0.15, 0.2) is 22.9 Å². The molecule has 0 radical (unpaired) electrons. The maximum atomic E-state index is 12.0. The van der Waals surface area contributed by atoms with Crippen molar-refractivity contribution >= 4 is 34.5 Å². The van der Waals surface area contributed by atoms with Gasteiger partial charge < -0.3 is 15.8 Å². The van der Waals surface area contributed by atoms with Crippen molar-refractivity contribution in [3.8, 4) is 9.88 Å². The lowest BCUT2D eigenvalue weighted by Gasteiger charge is -2.14. The highest BCUT2D eigenvalue weighted by Crippen LogP contribution is 2.27. The molecule has 22 heavy (non-hydrogen) atoms. The van der Waals surface area contributed by atoms with E-state index in [9.17, 15) is 9.59 Å². The summed E-state index contributed by atoms with van der Waals surface area (Å²) < 4.78 is 4.90. The predicted octanol–water partition coefficient (Wildman–Crippen LogP) is 1.42. The fraction of sp³-hybridized carbons (Fsp3) is 0.357. The number of thiazole rings is 1. The number of nitrogens with one attached hydrogen (secondary N) is 1. The van der Waals surface area contributed by atoms with Crippen LogP contribution in [0.3, 0.4) is 0 Å². The van der Waals surface area contributed by atoms with Crippen molar-refractivity contribution in [3.05, 3.63) is 28.6 Å². The predicted molar refractivity (Wildman–Crippen MR) is 86.7 cm³/mol. The van der Waals surface area contributed by atoms with Gasteiger partial charge in [-0.05, 0) is 17.9 Å². The molecule has 3 N–H and O–H groups in total. The van der Waals surface area contributed by atoms with Crippen molar-refractivity contribution in [1.29, 1.82) is 0 Å². The fourth-order valence-electron chi connectivity index (χ4n) is 1.83. The number of nitrogens with zero attached hydrogens (tertiary/aromatic N) is 1. The van der Waals surface area contributed by atoms with Crippen LogP contribution in [0.1, 0.15) is 12.1 Å². The van der Waals surface area contributed by atoms with Crippen molar-refractivity contribution in [2.24, 2.45) is 5.73 Å². The first-order valence-corrected chi connectivity index (χ1v) is 8.42. The van der Waals surface area contributed by atoms with Crippen LogP contribution in [-0.4, -0.2) is 36.6 Å². The van der Waals surface area contributed by atoms with Crippen molar-refractivity contribution < 1.29 is 14.3 Å². The van der Waals surface area contributed by atoms with Crippen LogP contribution in [0.5, 0.6) is 0 Å². The van der Waals surface area contributed by atoms with Gasteiger partial charge in [0.25, 0.3) is 0 Å². The van der Waals surface area contributed by atoms with Crippen molar-refractivity contribution in [2.75, 3.05) is 13.7 Å². The molecular formula is C14H17N3O3S2. The Balaban J connectivity index is 1.92. The second-order valence-electron chi connectivity index (χ2n) is 4.60. The van der Waals surface area contributed by atoms with Gasteiger partial charge >= 0.3 is 0 Å². The largest absolute Gasteiger partial charge is 0.385 e. The maximum Gasteiger partial charge on any atom is 0.240 e. The first kappa shape index (κ1) is 16.6. The molecule has 0 saturated heterocycles. The standard InChI is InChI=1S/C14H17N3O3S2/c1-20-5-4-10(13(15)19)17-12(18)7-9-8-22-14(16-9)11-3-2-6-21-11/h2-3,6,8,10H,4-5,7H2,1H3,(H2,15,19)(H,17,18). The van der Waals surface area contributed by atoms with E-state index in [1.807, 2.05) is 22.9 Å². The molecule has 0 saturated carbocycles. The van der Waals surface area contributed by atoms with Crippen LogP contribution in [0.4, 0.5) is 0 Å².